The van der Waals surface area contributed by atoms with E-state index in [4.69, 9.17) is 0 Å². The summed E-state index contributed by atoms with van der Waals surface area (Å²) in [4.78, 5) is 14.1. The zero-order valence-corrected chi connectivity index (χ0v) is 12.5. The molecule has 0 aromatic heterocycles. The Hall–Kier alpha value is -1.55. The highest BCUT2D eigenvalue weighted by atomic mass is 16.3. The number of rotatable bonds is 2. The lowest BCUT2D eigenvalue weighted by molar-refractivity contribution is 0.156. The van der Waals surface area contributed by atoms with Gasteiger partial charge in [-0.25, -0.2) is 4.79 Å². The number of carbonyl (C=O) groups excluding carboxylic acids is 1. The van der Waals surface area contributed by atoms with Gasteiger partial charge in [-0.2, -0.15) is 0 Å². The number of nitrogens with zero attached hydrogens (tertiary/aromatic N) is 1. The van der Waals surface area contributed by atoms with Gasteiger partial charge in [-0.15, -0.1) is 0 Å². The highest BCUT2D eigenvalue weighted by Crippen LogP contribution is 2.22. The molecule has 3 unspecified atom stereocenters. The third-order valence-corrected chi connectivity index (χ3v) is 3.80. The molecule has 2 N–H and O–H groups in total. The van der Waals surface area contributed by atoms with E-state index >= 15 is 0 Å². The number of anilines is 1. The molecule has 4 nitrogen and oxygen atoms in total. The molecule has 0 bridgehead atoms. The second kappa shape index (κ2) is 6.27. The summed E-state index contributed by atoms with van der Waals surface area (Å²) < 4.78 is 0. The van der Waals surface area contributed by atoms with Gasteiger partial charge in [0, 0.05) is 18.8 Å². The predicted molar refractivity (Wildman–Crippen MR) is 80.6 cm³/mol. The molecule has 0 aliphatic carbocycles. The van der Waals surface area contributed by atoms with E-state index in [-0.39, 0.29) is 6.03 Å². The number of piperidine rings is 1. The van der Waals surface area contributed by atoms with Gasteiger partial charge in [-0.05, 0) is 42.9 Å². The Balaban J connectivity index is 1.97. The molecule has 1 heterocycles. The van der Waals surface area contributed by atoms with Crippen LogP contribution in [-0.4, -0.2) is 29.1 Å². The number of amides is 2. The van der Waals surface area contributed by atoms with Crippen LogP contribution < -0.4 is 5.32 Å². The summed E-state index contributed by atoms with van der Waals surface area (Å²) in [5.41, 5.74) is 1.62. The first kappa shape index (κ1) is 14.9. The maximum absolute atomic E-state index is 12.2. The van der Waals surface area contributed by atoms with Crippen LogP contribution in [0.4, 0.5) is 10.5 Å². The number of aliphatic hydroxyl groups is 1. The summed E-state index contributed by atoms with van der Waals surface area (Å²) in [5.74, 6) is 1.12. The van der Waals surface area contributed by atoms with Gasteiger partial charge >= 0.3 is 6.03 Å². The van der Waals surface area contributed by atoms with Gasteiger partial charge in [-0.1, -0.05) is 26.0 Å². The highest BCUT2D eigenvalue weighted by molar-refractivity contribution is 5.89. The first-order valence-corrected chi connectivity index (χ1v) is 7.29. The van der Waals surface area contributed by atoms with Crippen LogP contribution in [-0.2, 0) is 0 Å². The SMILES string of the molecule is CC1CC(C)CN(C(=O)Nc2ccc(C(C)O)cc2)C1. The first-order chi connectivity index (χ1) is 9.45. The summed E-state index contributed by atoms with van der Waals surface area (Å²) in [6, 6.07) is 7.30. The second-order valence-electron chi connectivity index (χ2n) is 6.08. The van der Waals surface area contributed by atoms with Crippen LogP contribution in [0, 0.1) is 11.8 Å². The zero-order valence-electron chi connectivity index (χ0n) is 12.5. The molecule has 2 rings (SSSR count). The summed E-state index contributed by atoms with van der Waals surface area (Å²) in [6.07, 6.45) is 0.705. The van der Waals surface area contributed by atoms with Gasteiger partial charge in [0.15, 0.2) is 0 Å². The Bertz CT molecular complexity index is 446. The number of aliphatic hydroxyl groups excluding tert-OH is 1. The third-order valence-electron chi connectivity index (χ3n) is 3.80. The molecule has 2 amide bonds. The number of carbonyl (C=O) groups is 1. The number of hydrogen-bond acceptors (Lipinski definition) is 2. The molecule has 20 heavy (non-hydrogen) atoms. The molecule has 1 aromatic carbocycles. The Morgan fingerprint density at radius 1 is 1.25 bits per heavy atom. The summed E-state index contributed by atoms with van der Waals surface area (Å²) >= 11 is 0. The molecule has 0 spiro atoms. The number of urea groups is 1. The molecular formula is C16H24N2O2. The van der Waals surface area contributed by atoms with Crippen molar-refractivity contribution in [2.45, 2.75) is 33.3 Å². The van der Waals surface area contributed by atoms with E-state index in [1.54, 1.807) is 6.92 Å². The summed E-state index contributed by atoms with van der Waals surface area (Å²) in [6.45, 7) is 7.74. The van der Waals surface area contributed by atoms with Crippen molar-refractivity contribution in [1.82, 2.24) is 4.90 Å². The molecule has 1 aliphatic rings. The predicted octanol–water partition coefficient (Wildman–Crippen LogP) is 3.25. The molecule has 3 atom stereocenters. The van der Waals surface area contributed by atoms with Crippen molar-refractivity contribution in [1.29, 1.82) is 0 Å². The molecular weight excluding hydrogens is 252 g/mol. The molecule has 4 heteroatoms. The summed E-state index contributed by atoms with van der Waals surface area (Å²) in [7, 11) is 0. The Morgan fingerprint density at radius 3 is 2.30 bits per heavy atom. The highest BCUT2D eigenvalue weighted by Gasteiger charge is 2.25. The minimum Gasteiger partial charge on any atom is -0.389 e. The van der Waals surface area contributed by atoms with E-state index in [1.807, 2.05) is 29.2 Å². The van der Waals surface area contributed by atoms with E-state index in [1.165, 1.54) is 6.42 Å². The number of hydrogen-bond donors (Lipinski definition) is 2. The lowest BCUT2D eigenvalue weighted by Gasteiger charge is -2.34. The van der Waals surface area contributed by atoms with Crippen LogP contribution in [0.25, 0.3) is 0 Å². The third kappa shape index (κ3) is 3.73. The van der Waals surface area contributed by atoms with Crippen LogP contribution in [0.5, 0.6) is 0 Å². The standard InChI is InChI=1S/C16H24N2O2/c1-11-8-12(2)10-18(9-11)16(20)17-15-6-4-14(5-7-15)13(3)19/h4-7,11-13,19H,8-10H2,1-3H3,(H,17,20). The summed E-state index contributed by atoms with van der Waals surface area (Å²) in [5, 5.41) is 12.4. The van der Waals surface area contributed by atoms with Crippen LogP contribution in [0.3, 0.4) is 0 Å². The monoisotopic (exact) mass is 276 g/mol. The fraction of sp³-hybridized carbons (Fsp3) is 0.562. The molecule has 0 saturated carbocycles. The maximum atomic E-state index is 12.2. The number of benzene rings is 1. The smallest absolute Gasteiger partial charge is 0.321 e. The Labute approximate surface area is 120 Å². The van der Waals surface area contributed by atoms with E-state index in [0.717, 1.165) is 24.3 Å². The fourth-order valence-electron chi connectivity index (χ4n) is 2.88. The van der Waals surface area contributed by atoms with Crippen molar-refractivity contribution in [3.63, 3.8) is 0 Å². The van der Waals surface area contributed by atoms with Gasteiger partial charge in [0.2, 0.25) is 0 Å². The Kier molecular flexibility index (Phi) is 4.65. The van der Waals surface area contributed by atoms with Gasteiger partial charge in [-0.3, -0.25) is 0 Å². The molecule has 1 aliphatic heterocycles. The number of nitrogens with one attached hydrogen (secondary N) is 1. The Morgan fingerprint density at radius 2 is 1.80 bits per heavy atom. The lowest BCUT2D eigenvalue weighted by atomic mass is 9.92. The molecule has 1 aromatic rings. The average Bonchev–Trinajstić information content (AvgIpc) is 2.38. The fourth-order valence-corrected chi connectivity index (χ4v) is 2.88. The van der Waals surface area contributed by atoms with Gasteiger partial charge in [0.05, 0.1) is 6.10 Å². The topological polar surface area (TPSA) is 52.6 Å². The minimum absolute atomic E-state index is 0.0341. The van der Waals surface area contributed by atoms with Crippen molar-refractivity contribution in [3.8, 4) is 0 Å². The van der Waals surface area contributed by atoms with Crippen molar-refractivity contribution < 1.29 is 9.90 Å². The number of likely N-dealkylation sites (tertiary alicyclic amines) is 1. The molecule has 1 saturated heterocycles. The van der Waals surface area contributed by atoms with Gasteiger partial charge < -0.3 is 15.3 Å². The van der Waals surface area contributed by atoms with Crippen molar-refractivity contribution in [2.24, 2.45) is 11.8 Å². The van der Waals surface area contributed by atoms with E-state index < -0.39 is 6.10 Å². The molecule has 0 radical (unpaired) electrons. The zero-order chi connectivity index (χ0) is 14.7. The minimum atomic E-state index is -0.483. The van der Waals surface area contributed by atoms with Gasteiger partial charge in [0.1, 0.15) is 0 Å². The average molecular weight is 276 g/mol. The quantitative estimate of drug-likeness (QED) is 0.871. The van der Waals surface area contributed by atoms with Crippen molar-refractivity contribution in [3.05, 3.63) is 29.8 Å². The lowest BCUT2D eigenvalue weighted by Crippen LogP contribution is -2.44. The molecule has 110 valence electrons. The van der Waals surface area contributed by atoms with E-state index in [2.05, 4.69) is 19.2 Å². The second-order valence-corrected chi connectivity index (χ2v) is 6.08. The van der Waals surface area contributed by atoms with Crippen molar-refractivity contribution >= 4 is 11.7 Å². The molecule has 1 fully saturated rings. The maximum Gasteiger partial charge on any atom is 0.321 e. The van der Waals surface area contributed by atoms with Crippen LogP contribution in [0.15, 0.2) is 24.3 Å². The largest absolute Gasteiger partial charge is 0.389 e. The normalized spacial score (nSPS) is 24.3. The first-order valence-electron chi connectivity index (χ1n) is 7.29. The van der Waals surface area contributed by atoms with Crippen molar-refractivity contribution in [2.75, 3.05) is 18.4 Å². The van der Waals surface area contributed by atoms with E-state index in [0.29, 0.717) is 11.8 Å². The van der Waals surface area contributed by atoms with Crippen LogP contribution >= 0.6 is 0 Å². The van der Waals surface area contributed by atoms with E-state index in [9.17, 15) is 9.90 Å². The van der Waals surface area contributed by atoms with Crippen LogP contribution in [0.1, 0.15) is 38.9 Å². The van der Waals surface area contributed by atoms with Crippen LogP contribution in [0.2, 0.25) is 0 Å². The van der Waals surface area contributed by atoms with Gasteiger partial charge in [0.25, 0.3) is 0 Å².